The molecule has 33 heavy (non-hydrogen) atoms. The molecule has 2 heterocycles. The molecule has 1 atom stereocenters. The van der Waals surface area contributed by atoms with Gasteiger partial charge in [-0.15, -0.1) is 0 Å². The molecule has 1 N–H and O–H groups in total. The smallest absolute Gasteiger partial charge is 0.291 e. The normalized spacial score (nSPS) is 15.2. The van der Waals surface area contributed by atoms with Crippen molar-refractivity contribution in [2.75, 3.05) is 7.11 Å². The first kappa shape index (κ1) is 21.6. The van der Waals surface area contributed by atoms with Crippen molar-refractivity contribution in [2.24, 2.45) is 0 Å². The zero-order chi connectivity index (χ0) is 23.3. The third-order valence-electron chi connectivity index (χ3n) is 5.75. The van der Waals surface area contributed by atoms with Crippen molar-refractivity contribution in [1.82, 2.24) is 4.90 Å². The minimum atomic E-state index is -0.752. The fourth-order valence-electron chi connectivity index (χ4n) is 4.18. The molecule has 6 nitrogen and oxygen atoms in total. The van der Waals surface area contributed by atoms with Crippen molar-refractivity contribution < 1.29 is 19.1 Å². The fourth-order valence-corrected chi connectivity index (χ4v) is 4.73. The molecule has 1 aromatic heterocycles. The number of aromatic hydroxyl groups is 1. The van der Waals surface area contributed by atoms with Crippen molar-refractivity contribution in [3.05, 3.63) is 103 Å². The molecule has 1 aliphatic rings. The summed E-state index contributed by atoms with van der Waals surface area (Å²) in [5, 5.41) is 11.0. The van der Waals surface area contributed by atoms with Crippen molar-refractivity contribution in [3.63, 3.8) is 0 Å². The molecule has 0 radical (unpaired) electrons. The zero-order valence-electron chi connectivity index (χ0n) is 17.3. The number of phenols is 1. The summed E-state index contributed by atoms with van der Waals surface area (Å²) >= 11 is 9.77. The number of ether oxygens (including phenoxy) is 1. The molecule has 3 aromatic carbocycles. The van der Waals surface area contributed by atoms with Gasteiger partial charge in [-0.25, -0.2) is 0 Å². The summed E-state index contributed by atoms with van der Waals surface area (Å²) in [7, 11) is 1.44. The van der Waals surface area contributed by atoms with Crippen LogP contribution < -0.4 is 10.2 Å². The number of rotatable bonds is 4. The Labute approximate surface area is 202 Å². The number of halogens is 2. The molecule has 5 rings (SSSR count). The van der Waals surface area contributed by atoms with E-state index in [1.807, 2.05) is 18.2 Å². The highest BCUT2D eigenvalue weighted by Gasteiger charge is 2.43. The largest absolute Gasteiger partial charge is 0.504 e. The Kier molecular flexibility index (Phi) is 5.38. The third kappa shape index (κ3) is 3.57. The highest BCUT2D eigenvalue weighted by molar-refractivity contribution is 9.10. The highest BCUT2D eigenvalue weighted by atomic mass is 79.9. The quantitative estimate of drug-likeness (QED) is 0.371. The molecule has 0 unspecified atom stereocenters. The van der Waals surface area contributed by atoms with Gasteiger partial charge in [0.25, 0.3) is 5.91 Å². The maximum atomic E-state index is 13.6. The van der Waals surface area contributed by atoms with E-state index in [-0.39, 0.29) is 34.8 Å². The minimum Gasteiger partial charge on any atom is -0.504 e. The highest BCUT2D eigenvalue weighted by Crippen LogP contribution is 2.42. The van der Waals surface area contributed by atoms with E-state index >= 15 is 0 Å². The lowest BCUT2D eigenvalue weighted by molar-refractivity contribution is 0.0714. The SMILES string of the molecule is COc1cc([C@@H]2c3c(oc4ccc(Br)cc4c3=O)C(=O)N2Cc2ccccc2Cl)ccc1O. The first-order chi connectivity index (χ1) is 15.9. The number of amides is 1. The molecule has 0 saturated heterocycles. The number of hydrogen-bond donors (Lipinski definition) is 1. The summed E-state index contributed by atoms with van der Waals surface area (Å²) in [5.74, 6) is -0.222. The van der Waals surface area contributed by atoms with Crippen molar-refractivity contribution in [1.29, 1.82) is 0 Å². The van der Waals surface area contributed by atoms with E-state index in [4.69, 9.17) is 20.8 Å². The van der Waals surface area contributed by atoms with Gasteiger partial charge in [0.15, 0.2) is 16.9 Å². The molecule has 0 saturated carbocycles. The van der Waals surface area contributed by atoms with Gasteiger partial charge in [0.05, 0.1) is 24.1 Å². The molecular weight excluding hydrogens is 510 g/mol. The van der Waals surface area contributed by atoms with E-state index in [9.17, 15) is 14.7 Å². The predicted molar refractivity (Wildman–Crippen MR) is 128 cm³/mol. The number of nitrogens with zero attached hydrogens (tertiary/aromatic N) is 1. The Hall–Kier alpha value is -3.29. The summed E-state index contributed by atoms with van der Waals surface area (Å²) in [4.78, 5) is 28.7. The first-order valence-electron chi connectivity index (χ1n) is 10.1. The number of methoxy groups -OCH3 is 1. The van der Waals surface area contributed by atoms with E-state index in [0.29, 0.717) is 21.6 Å². The van der Waals surface area contributed by atoms with Gasteiger partial charge in [-0.2, -0.15) is 0 Å². The van der Waals surface area contributed by atoms with Gasteiger partial charge in [0, 0.05) is 16.0 Å². The molecule has 8 heteroatoms. The van der Waals surface area contributed by atoms with E-state index in [2.05, 4.69) is 15.9 Å². The van der Waals surface area contributed by atoms with Crippen LogP contribution >= 0.6 is 27.5 Å². The van der Waals surface area contributed by atoms with Gasteiger partial charge in [-0.05, 0) is 47.5 Å². The fraction of sp³-hybridized carbons (Fsp3) is 0.120. The van der Waals surface area contributed by atoms with Crippen LogP contribution in [0.2, 0.25) is 5.02 Å². The van der Waals surface area contributed by atoms with Gasteiger partial charge in [-0.1, -0.05) is 51.8 Å². The average Bonchev–Trinajstić information content (AvgIpc) is 3.08. The Bertz CT molecular complexity index is 1480. The molecule has 4 aromatic rings. The maximum Gasteiger partial charge on any atom is 0.291 e. The van der Waals surface area contributed by atoms with Crippen LogP contribution in [0.3, 0.4) is 0 Å². The van der Waals surface area contributed by atoms with Gasteiger partial charge < -0.3 is 19.2 Å². The van der Waals surface area contributed by atoms with Gasteiger partial charge in [0.1, 0.15) is 5.58 Å². The molecule has 0 fully saturated rings. The second-order valence-electron chi connectivity index (χ2n) is 7.67. The maximum absolute atomic E-state index is 13.6. The van der Waals surface area contributed by atoms with Gasteiger partial charge >= 0.3 is 0 Å². The van der Waals surface area contributed by atoms with E-state index in [1.54, 1.807) is 41.3 Å². The van der Waals surface area contributed by atoms with Gasteiger partial charge in [0.2, 0.25) is 5.76 Å². The predicted octanol–water partition coefficient (Wildman–Crippen LogP) is 5.67. The lowest BCUT2D eigenvalue weighted by atomic mass is 9.97. The Morgan fingerprint density at radius 1 is 1.12 bits per heavy atom. The Balaban J connectivity index is 1.76. The number of phenolic OH excluding ortho intramolecular Hbond substituents is 1. The monoisotopic (exact) mass is 525 g/mol. The van der Waals surface area contributed by atoms with Crippen LogP contribution in [0.5, 0.6) is 11.5 Å². The molecule has 0 spiro atoms. The number of carbonyl (C=O) groups is 1. The summed E-state index contributed by atoms with van der Waals surface area (Å²) < 4.78 is 11.9. The molecule has 166 valence electrons. The summed E-state index contributed by atoms with van der Waals surface area (Å²) in [5.41, 5.74) is 1.61. The standard InChI is InChI=1S/C25H17BrClNO5/c1-32-20-10-13(6-8-18(20)29)22-21-23(30)16-11-15(26)7-9-19(16)33-24(21)25(31)28(22)12-14-4-2-3-5-17(14)27/h2-11,22,29H,12H2,1H3/t22-/m1/s1. The van der Waals surface area contributed by atoms with Crippen LogP contribution in [0.4, 0.5) is 0 Å². The molecule has 0 bridgehead atoms. The molecule has 1 aliphatic heterocycles. The van der Waals surface area contributed by atoms with Crippen molar-refractivity contribution >= 4 is 44.4 Å². The number of fused-ring (bicyclic) bond motifs is 2. The lowest BCUT2D eigenvalue weighted by Gasteiger charge is -2.26. The molecular formula is C25H17BrClNO5. The molecule has 0 aliphatic carbocycles. The average molecular weight is 527 g/mol. The van der Waals surface area contributed by atoms with E-state index < -0.39 is 11.9 Å². The van der Waals surface area contributed by atoms with Crippen LogP contribution in [0, 0.1) is 0 Å². The van der Waals surface area contributed by atoms with Crippen molar-refractivity contribution in [3.8, 4) is 11.5 Å². The zero-order valence-corrected chi connectivity index (χ0v) is 19.7. The number of benzene rings is 3. The topological polar surface area (TPSA) is 80.0 Å². The van der Waals surface area contributed by atoms with E-state index in [0.717, 1.165) is 10.0 Å². The third-order valence-corrected chi connectivity index (χ3v) is 6.61. The van der Waals surface area contributed by atoms with Crippen LogP contribution in [0.1, 0.15) is 33.3 Å². The summed E-state index contributed by atoms with van der Waals surface area (Å²) in [6, 6.07) is 16.3. The van der Waals surface area contributed by atoms with Gasteiger partial charge in [-0.3, -0.25) is 9.59 Å². The van der Waals surface area contributed by atoms with Crippen LogP contribution in [0.15, 0.2) is 74.3 Å². The summed E-state index contributed by atoms with van der Waals surface area (Å²) in [6.45, 7) is 0.163. The lowest BCUT2D eigenvalue weighted by Crippen LogP contribution is -2.29. The first-order valence-corrected chi connectivity index (χ1v) is 11.2. The number of carbonyl (C=O) groups excluding carboxylic acids is 1. The summed E-state index contributed by atoms with van der Waals surface area (Å²) in [6.07, 6.45) is 0. The Morgan fingerprint density at radius 3 is 2.67 bits per heavy atom. The van der Waals surface area contributed by atoms with E-state index in [1.165, 1.54) is 13.2 Å². The van der Waals surface area contributed by atoms with Crippen LogP contribution in [-0.4, -0.2) is 23.0 Å². The van der Waals surface area contributed by atoms with Crippen molar-refractivity contribution in [2.45, 2.75) is 12.6 Å². The minimum absolute atomic E-state index is 0.00100. The van der Waals surface area contributed by atoms with Crippen LogP contribution in [0.25, 0.3) is 11.0 Å². The number of hydrogen-bond acceptors (Lipinski definition) is 5. The Morgan fingerprint density at radius 2 is 1.91 bits per heavy atom. The second kappa shape index (κ2) is 8.24. The van der Waals surface area contributed by atoms with Crippen LogP contribution in [-0.2, 0) is 6.54 Å². The molecule has 1 amide bonds. The second-order valence-corrected chi connectivity index (χ2v) is 9.00.